The highest BCUT2D eigenvalue weighted by atomic mass is 16.5. The van der Waals surface area contributed by atoms with E-state index in [0.717, 1.165) is 0 Å². The standard InChI is InChI=1S/C21H25N3O5/c1-4-24(13-19(25)22-15-9-11-16(28-2)12-10-15)14-20(26)23-18-8-6-5-7-17(18)21(27)29-3/h5-12H,4,13-14H2,1-3H3,(H,22,25)(H,23,26). The highest BCUT2D eigenvalue weighted by Crippen LogP contribution is 2.16. The van der Waals surface area contributed by atoms with E-state index in [1.165, 1.54) is 7.11 Å². The molecule has 0 aliphatic carbocycles. The third kappa shape index (κ3) is 6.62. The number of likely N-dealkylation sites (N-methyl/N-ethyl adjacent to an activating group) is 1. The lowest BCUT2D eigenvalue weighted by Gasteiger charge is -2.20. The first-order valence-electron chi connectivity index (χ1n) is 9.10. The maximum absolute atomic E-state index is 12.4. The lowest BCUT2D eigenvalue weighted by Crippen LogP contribution is -2.38. The lowest BCUT2D eigenvalue weighted by atomic mass is 10.2. The minimum absolute atomic E-state index is 0.00202. The fourth-order valence-electron chi connectivity index (χ4n) is 2.63. The van der Waals surface area contributed by atoms with Gasteiger partial charge in [-0.05, 0) is 42.9 Å². The Balaban J connectivity index is 1.92. The molecule has 0 spiro atoms. The van der Waals surface area contributed by atoms with Crippen molar-refractivity contribution in [1.29, 1.82) is 0 Å². The molecule has 0 radical (unpaired) electrons. The molecule has 0 aromatic heterocycles. The van der Waals surface area contributed by atoms with Crippen molar-refractivity contribution < 1.29 is 23.9 Å². The van der Waals surface area contributed by atoms with Crippen molar-refractivity contribution in [2.45, 2.75) is 6.92 Å². The molecular weight excluding hydrogens is 374 g/mol. The normalized spacial score (nSPS) is 10.3. The van der Waals surface area contributed by atoms with Crippen LogP contribution in [0.25, 0.3) is 0 Å². The number of ether oxygens (including phenoxy) is 2. The minimum Gasteiger partial charge on any atom is -0.497 e. The topological polar surface area (TPSA) is 97.0 Å². The molecule has 29 heavy (non-hydrogen) atoms. The molecule has 2 aromatic rings. The predicted molar refractivity (Wildman–Crippen MR) is 110 cm³/mol. The smallest absolute Gasteiger partial charge is 0.339 e. The van der Waals surface area contributed by atoms with Gasteiger partial charge in [0.2, 0.25) is 11.8 Å². The predicted octanol–water partition coefficient (Wildman–Crippen LogP) is 2.38. The number of anilines is 2. The summed E-state index contributed by atoms with van der Waals surface area (Å²) in [5.74, 6) is -0.408. The lowest BCUT2D eigenvalue weighted by molar-refractivity contribution is -0.119. The third-order valence-corrected chi connectivity index (χ3v) is 4.16. The highest BCUT2D eigenvalue weighted by Gasteiger charge is 2.16. The van der Waals surface area contributed by atoms with Crippen LogP contribution in [-0.2, 0) is 14.3 Å². The third-order valence-electron chi connectivity index (χ3n) is 4.16. The van der Waals surface area contributed by atoms with E-state index in [2.05, 4.69) is 10.6 Å². The molecule has 0 saturated carbocycles. The number of nitrogens with one attached hydrogen (secondary N) is 2. The van der Waals surface area contributed by atoms with Gasteiger partial charge in [-0.25, -0.2) is 4.79 Å². The fraction of sp³-hybridized carbons (Fsp3) is 0.286. The molecule has 2 aromatic carbocycles. The Hall–Kier alpha value is -3.39. The number of hydrogen-bond acceptors (Lipinski definition) is 6. The van der Waals surface area contributed by atoms with Gasteiger partial charge in [-0.1, -0.05) is 19.1 Å². The van der Waals surface area contributed by atoms with Gasteiger partial charge in [0, 0.05) is 5.69 Å². The second-order valence-electron chi connectivity index (χ2n) is 6.17. The Morgan fingerprint density at radius 1 is 0.897 bits per heavy atom. The first-order chi connectivity index (χ1) is 14.0. The molecular formula is C21H25N3O5. The molecule has 0 heterocycles. The van der Waals surface area contributed by atoms with Gasteiger partial charge in [0.05, 0.1) is 38.6 Å². The molecule has 0 bridgehead atoms. The Kier molecular flexibility index (Phi) is 8.17. The van der Waals surface area contributed by atoms with E-state index in [1.807, 2.05) is 6.92 Å². The van der Waals surface area contributed by atoms with E-state index in [1.54, 1.807) is 60.5 Å². The quantitative estimate of drug-likeness (QED) is 0.629. The molecule has 0 aliphatic heterocycles. The maximum atomic E-state index is 12.4. The zero-order valence-electron chi connectivity index (χ0n) is 16.7. The second-order valence-corrected chi connectivity index (χ2v) is 6.17. The van der Waals surface area contributed by atoms with Crippen molar-refractivity contribution in [3.05, 3.63) is 54.1 Å². The number of para-hydroxylation sites is 1. The largest absolute Gasteiger partial charge is 0.497 e. The summed E-state index contributed by atoms with van der Waals surface area (Å²) in [6.45, 7) is 2.41. The fourth-order valence-corrected chi connectivity index (χ4v) is 2.63. The van der Waals surface area contributed by atoms with Crippen molar-refractivity contribution in [2.24, 2.45) is 0 Å². The molecule has 0 saturated heterocycles. The monoisotopic (exact) mass is 399 g/mol. The molecule has 154 valence electrons. The van der Waals surface area contributed by atoms with Gasteiger partial charge in [0.15, 0.2) is 0 Å². The summed E-state index contributed by atoms with van der Waals surface area (Å²) in [5.41, 5.74) is 1.27. The summed E-state index contributed by atoms with van der Waals surface area (Å²) in [7, 11) is 2.85. The van der Waals surface area contributed by atoms with E-state index >= 15 is 0 Å². The number of hydrogen-bond donors (Lipinski definition) is 2. The Morgan fingerprint density at radius 2 is 1.52 bits per heavy atom. The van der Waals surface area contributed by atoms with Crippen LogP contribution in [0, 0.1) is 0 Å². The number of carbonyl (C=O) groups is 3. The van der Waals surface area contributed by atoms with Crippen molar-refractivity contribution in [1.82, 2.24) is 4.90 Å². The van der Waals surface area contributed by atoms with Crippen molar-refractivity contribution >= 4 is 29.2 Å². The van der Waals surface area contributed by atoms with E-state index in [9.17, 15) is 14.4 Å². The van der Waals surface area contributed by atoms with Gasteiger partial charge < -0.3 is 20.1 Å². The first-order valence-corrected chi connectivity index (χ1v) is 9.10. The average molecular weight is 399 g/mol. The molecule has 2 rings (SSSR count). The number of amides is 2. The molecule has 0 fully saturated rings. The van der Waals surface area contributed by atoms with Gasteiger partial charge in [0.1, 0.15) is 5.75 Å². The second kappa shape index (κ2) is 10.8. The van der Waals surface area contributed by atoms with Crippen LogP contribution >= 0.6 is 0 Å². The van der Waals surface area contributed by atoms with E-state index in [-0.39, 0.29) is 30.5 Å². The van der Waals surface area contributed by atoms with Crippen LogP contribution in [0.4, 0.5) is 11.4 Å². The molecule has 2 N–H and O–H groups in total. The number of carbonyl (C=O) groups excluding carboxylic acids is 3. The first kappa shape index (κ1) is 21.9. The van der Waals surface area contributed by atoms with Crippen molar-refractivity contribution in [3.63, 3.8) is 0 Å². The molecule has 0 atom stereocenters. The summed E-state index contributed by atoms with van der Waals surface area (Å²) in [6.07, 6.45) is 0. The summed E-state index contributed by atoms with van der Waals surface area (Å²) in [4.78, 5) is 38.2. The van der Waals surface area contributed by atoms with Crippen LogP contribution in [0.15, 0.2) is 48.5 Å². The number of methoxy groups -OCH3 is 2. The minimum atomic E-state index is -0.535. The number of rotatable bonds is 9. The van der Waals surface area contributed by atoms with Gasteiger partial charge in [0.25, 0.3) is 0 Å². The zero-order valence-corrected chi connectivity index (χ0v) is 16.7. The molecule has 8 nitrogen and oxygen atoms in total. The Labute approximate surface area is 169 Å². The van der Waals surface area contributed by atoms with Crippen LogP contribution in [-0.4, -0.2) is 56.5 Å². The summed E-state index contributed by atoms with van der Waals surface area (Å²) >= 11 is 0. The highest BCUT2D eigenvalue weighted by molar-refractivity contribution is 6.02. The van der Waals surface area contributed by atoms with E-state index in [4.69, 9.17) is 9.47 Å². The summed E-state index contributed by atoms with van der Waals surface area (Å²) < 4.78 is 9.81. The van der Waals surface area contributed by atoms with Crippen molar-refractivity contribution in [2.75, 3.05) is 44.5 Å². The van der Waals surface area contributed by atoms with E-state index < -0.39 is 5.97 Å². The van der Waals surface area contributed by atoms with E-state index in [0.29, 0.717) is 23.7 Å². The number of benzene rings is 2. The van der Waals surface area contributed by atoms with Gasteiger partial charge in [-0.15, -0.1) is 0 Å². The van der Waals surface area contributed by atoms with Crippen molar-refractivity contribution in [3.8, 4) is 5.75 Å². The zero-order chi connectivity index (χ0) is 21.2. The SMILES string of the molecule is CCN(CC(=O)Nc1ccc(OC)cc1)CC(=O)Nc1ccccc1C(=O)OC. The van der Waals surface area contributed by atoms with Crippen LogP contribution in [0.2, 0.25) is 0 Å². The van der Waals surface area contributed by atoms with Crippen LogP contribution < -0.4 is 15.4 Å². The van der Waals surface area contributed by atoms with Crippen LogP contribution in [0.3, 0.4) is 0 Å². The van der Waals surface area contributed by atoms with Crippen LogP contribution in [0.5, 0.6) is 5.75 Å². The molecule has 0 aliphatic rings. The van der Waals surface area contributed by atoms with Gasteiger partial charge in [-0.2, -0.15) is 0 Å². The molecule has 8 heteroatoms. The van der Waals surface area contributed by atoms with Gasteiger partial charge in [-0.3, -0.25) is 14.5 Å². The molecule has 2 amide bonds. The van der Waals surface area contributed by atoms with Gasteiger partial charge >= 0.3 is 5.97 Å². The average Bonchev–Trinajstić information content (AvgIpc) is 2.73. The number of nitrogens with zero attached hydrogens (tertiary/aromatic N) is 1. The molecule has 0 unspecified atom stereocenters. The Bertz CT molecular complexity index is 852. The van der Waals surface area contributed by atoms with Crippen LogP contribution in [0.1, 0.15) is 17.3 Å². The summed E-state index contributed by atoms with van der Waals surface area (Å²) in [5, 5.41) is 5.48. The Morgan fingerprint density at radius 3 is 2.10 bits per heavy atom. The maximum Gasteiger partial charge on any atom is 0.339 e. The number of esters is 1. The summed E-state index contributed by atoms with van der Waals surface area (Å²) in [6, 6.07) is 13.6.